The molecular weight excluding hydrogens is 426 g/mol. The Hall–Kier alpha value is -2.93. The molecule has 1 aromatic carbocycles. The molecule has 32 heavy (non-hydrogen) atoms. The van der Waals surface area contributed by atoms with E-state index in [1.165, 1.54) is 0 Å². The fraction of sp³-hybridized carbons (Fsp3) is 0.417. The summed E-state index contributed by atoms with van der Waals surface area (Å²) in [5.74, 6) is 2.41. The van der Waals surface area contributed by atoms with Crippen LogP contribution in [0.1, 0.15) is 27.2 Å². The van der Waals surface area contributed by atoms with E-state index in [1.807, 2.05) is 56.0 Å². The number of anilines is 1. The quantitative estimate of drug-likeness (QED) is 0.561. The lowest BCUT2D eigenvalue weighted by Crippen LogP contribution is -2.45. The Morgan fingerprint density at radius 2 is 2.06 bits per heavy atom. The highest BCUT2D eigenvalue weighted by Gasteiger charge is 2.54. The number of nitrogens with one attached hydrogen (secondary N) is 1. The third-order valence-corrected chi connectivity index (χ3v) is 6.20. The molecule has 0 spiro atoms. The number of ether oxygens (including phenoxy) is 1. The van der Waals surface area contributed by atoms with E-state index in [4.69, 9.17) is 26.3 Å². The Morgan fingerprint density at radius 3 is 2.84 bits per heavy atom. The number of hydrogen-bond donors (Lipinski definition) is 1. The molecule has 0 radical (unpaired) electrons. The van der Waals surface area contributed by atoms with Crippen LogP contribution in [-0.2, 0) is 4.74 Å². The van der Waals surface area contributed by atoms with E-state index < -0.39 is 5.60 Å². The zero-order chi connectivity index (χ0) is 22.5. The molecule has 1 N–H and O–H groups in total. The predicted molar refractivity (Wildman–Crippen MR) is 125 cm³/mol. The number of rotatable bonds is 4. The monoisotopic (exact) mass is 451 g/mol. The van der Waals surface area contributed by atoms with Gasteiger partial charge in [-0.15, -0.1) is 0 Å². The van der Waals surface area contributed by atoms with Gasteiger partial charge in [-0.05, 0) is 63.3 Å². The standard InChI is InChI=1S/C24H26ClN5O2/c1-24(2,3)32-23(31)30-13-15-10-17(15)19(30)12-27-22-16-6-4-5-7-18(16)28-21(29-22)14-8-9-26-20(25)11-14/h4-9,11,15,17,19H,10,12-13H2,1-3H3,(H,27,28,29). The maximum Gasteiger partial charge on any atom is 0.410 e. The Kier molecular flexibility index (Phi) is 5.16. The summed E-state index contributed by atoms with van der Waals surface area (Å²) >= 11 is 6.08. The first-order valence-corrected chi connectivity index (χ1v) is 11.3. The van der Waals surface area contributed by atoms with Gasteiger partial charge in [0.15, 0.2) is 5.82 Å². The van der Waals surface area contributed by atoms with Crippen molar-refractivity contribution in [2.24, 2.45) is 11.8 Å². The molecule has 7 nitrogen and oxygen atoms in total. The number of pyridine rings is 1. The lowest BCUT2D eigenvalue weighted by molar-refractivity contribution is 0.0203. The molecule has 0 bridgehead atoms. The minimum Gasteiger partial charge on any atom is -0.444 e. The van der Waals surface area contributed by atoms with Crippen molar-refractivity contribution in [1.29, 1.82) is 0 Å². The summed E-state index contributed by atoms with van der Waals surface area (Å²) in [5.41, 5.74) is 1.13. The minimum atomic E-state index is -0.509. The summed E-state index contributed by atoms with van der Waals surface area (Å²) in [6.07, 6.45) is 2.57. The van der Waals surface area contributed by atoms with E-state index in [9.17, 15) is 4.79 Å². The van der Waals surface area contributed by atoms with Crippen LogP contribution in [0.25, 0.3) is 22.3 Å². The Morgan fingerprint density at radius 1 is 1.25 bits per heavy atom. The first-order valence-electron chi connectivity index (χ1n) is 10.9. The van der Waals surface area contributed by atoms with Gasteiger partial charge in [0.2, 0.25) is 0 Å². The molecule has 1 amide bonds. The van der Waals surface area contributed by atoms with Crippen molar-refractivity contribution in [3.8, 4) is 11.4 Å². The van der Waals surface area contributed by atoms with Crippen molar-refractivity contribution in [2.75, 3.05) is 18.4 Å². The number of amides is 1. The first kappa shape index (κ1) is 20.9. The molecule has 166 valence electrons. The molecule has 1 aliphatic heterocycles. The molecule has 2 aliphatic rings. The second kappa shape index (κ2) is 7.89. The van der Waals surface area contributed by atoms with Crippen LogP contribution in [0.5, 0.6) is 0 Å². The fourth-order valence-electron chi connectivity index (χ4n) is 4.45. The minimum absolute atomic E-state index is 0.0856. The summed E-state index contributed by atoms with van der Waals surface area (Å²) < 4.78 is 5.65. The summed E-state index contributed by atoms with van der Waals surface area (Å²) in [7, 11) is 0. The average molecular weight is 452 g/mol. The van der Waals surface area contributed by atoms with Crippen molar-refractivity contribution in [2.45, 2.75) is 38.8 Å². The van der Waals surface area contributed by atoms with Gasteiger partial charge >= 0.3 is 6.09 Å². The number of para-hydroxylation sites is 1. The molecule has 3 atom stereocenters. The normalized spacial score (nSPS) is 22.0. The van der Waals surface area contributed by atoms with E-state index in [1.54, 1.807) is 12.3 Å². The van der Waals surface area contributed by atoms with Crippen LogP contribution in [0.3, 0.4) is 0 Å². The van der Waals surface area contributed by atoms with E-state index in [0.717, 1.165) is 35.2 Å². The van der Waals surface area contributed by atoms with Gasteiger partial charge < -0.3 is 15.0 Å². The van der Waals surface area contributed by atoms with Crippen molar-refractivity contribution >= 4 is 34.4 Å². The summed E-state index contributed by atoms with van der Waals surface area (Å²) in [4.78, 5) is 28.2. The van der Waals surface area contributed by atoms with Crippen LogP contribution in [0.15, 0.2) is 42.6 Å². The van der Waals surface area contributed by atoms with Crippen LogP contribution in [0.2, 0.25) is 5.15 Å². The third kappa shape index (κ3) is 4.21. The molecule has 3 unspecified atom stereocenters. The first-order chi connectivity index (χ1) is 15.3. The SMILES string of the molecule is CC(C)(C)OC(=O)N1CC2CC2C1CNc1nc(-c2ccnc(Cl)c2)nc2ccccc12. The molecule has 8 heteroatoms. The van der Waals surface area contributed by atoms with Gasteiger partial charge in [-0.2, -0.15) is 0 Å². The van der Waals surface area contributed by atoms with Crippen LogP contribution >= 0.6 is 11.6 Å². The second-order valence-electron chi connectivity index (χ2n) is 9.52. The maximum absolute atomic E-state index is 12.8. The lowest BCUT2D eigenvalue weighted by atomic mass is 10.1. The number of likely N-dealkylation sites (tertiary alicyclic amines) is 1. The highest BCUT2D eigenvalue weighted by Crippen LogP contribution is 2.49. The van der Waals surface area contributed by atoms with E-state index in [-0.39, 0.29) is 12.1 Å². The van der Waals surface area contributed by atoms with Gasteiger partial charge in [0.05, 0.1) is 11.6 Å². The number of hydrogen-bond acceptors (Lipinski definition) is 6. The Bertz CT molecular complexity index is 1180. The highest BCUT2D eigenvalue weighted by molar-refractivity contribution is 6.29. The van der Waals surface area contributed by atoms with Crippen LogP contribution in [-0.4, -0.2) is 50.7 Å². The van der Waals surface area contributed by atoms with E-state index in [2.05, 4.69) is 10.3 Å². The van der Waals surface area contributed by atoms with E-state index >= 15 is 0 Å². The molecular formula is C24H26ClN5O2. The predicted octanol–water partition coefficient (Wildman–Crippen LogP) is 5.01. The molecule has 2 fully saturated rings. The fourth-order valence-corrected chi connectivity index (χ4v) is 4.62. The Labute approximate surface area is 192 Å². The summed E-state index contributed by atoms with van der Waals surface area (Å²) in [6, 6.07) is 11.6. The second-order valence-corrected chi connectivity index (χ2v) is 9.91. The number of halogens is 1. The average Bonchev–Trinajstić information content (AvgIpc) is 3.42. The molecule has 2 aromatic heterocycles. The van der Waals surface area contributed by atoms with Crippen molar-refractivity contribution < 1.29 is 9.53 Å². The number of piperidine rings is 1. The zero-order valence-electron chi connectivity index (χ0n) is 18.4. The molecule has 3 heterocycles. The van der Waals surface area contributed by atoms with Crippen molar-refractivity contribution in [3.63, 3.8) is 0 Å². The van der Waals surface area contributed by atoms with Gasteiger partial charge in [-0.1, -0.05) is 23.7 Å². The van der Waals surface area contributed by atoms with Gasteiger partial charge in [0.25, 0.3) is 0 Å². The van der Waals surface area contributed by atoms with Crippen molar-refractivity contribution in [1.82, 2.24) is 19.9 Å². The number of aromatic nitrogens is 3. The van der Waals surface area contributed by atoms with Gasteiger partial charge in [0, 0.05) is 30.2 Å². The molecule has 1 saturated heterocycles. The number of carbonyl (C=O) groups excluding carboxylic acids is 1. The molecule has 3 aromatic rings. The third-order valence-electron chi connectivity index (χ3n) is 6.00. The zero-order valence-corrected chi connectivity index (χ0v) is 19.1. The van der Waals surface area contributed by atoms with Gasteiger partial charge in [0.1, 0.15) is 16.6 Å². The number of nitrogens with zero attached hydrogens (tertiary/aromatic N) is 4. The highest BCUT2D eigenvalue weighted by atomic mass is 35.5. The van der Waals surface area contributed by atoms with Gasteiger partial charge in [-0.3, -0.25) is 0 Å². The number of carbonyl (C=O) groups is 1. The van der Waals surface area contributed by atoms with Crippen molar-refractivity contribution in [3.05, 3.63) is 47.7 Å². The number of fused-ring (bicyclic) bond motifs is 2. The number of benzene rings is 1. The molecule has 5 rings (SSSR count). The topological polar surface area (TPSA) is 80.2 Å². The maximum atomic E-state index is 12.8. The molecule has 1 aliphatic carbocycles. The Balaban J connectivity index is 1.42. The summed E-state index contributed by atoms with van der Waals surface area (Å²) in [5, 5.41) is 4.84. The van der Waals surface area contributed by atoms with E-state index in [0.29, 0.717) is 29.4 Å². The summed E-state index contributed by atoms with van der Waals surface area (Å²) in [6.45, 7) is 7.06. The van der Waals surface area contributed by atoms with Crippen LogP contribution in [0.4, 0.5) is 10.6 Å². The molecule has 1 saturated carbocycles. The lowest BCUT2D eigenvalue weighted by Gasteiger charge is -2.30. The smallest absolute Gasteiger partial charge is 0.410 e. The van der Waals surface area contributed by atoms with Gasteiger partial charge in [-0.25, -0.2) is 19.7 Å². The van der Waals surface area contributed by atoms with Crippen LogP contribution in [0, 0.1) is 11.8 Å². The van der Waals surface area contributed by atoms with Crippen LogP contribution < -0.4 is 5.32 Å². The largest absolute Gasteiger partial charge is 0.444 e.